The fourth-order valence-electron chi connectivity index (χ4n) is 1.65. The summed E-state index contributed by atoms with van der Waals surface area (Å²) in [5.41, 5.74) is 5.59. The summed E-state index contributed by atoms with van der Waals surface area (Å²) in [5, 5.41) is 0. The minimum Gasteiger partial charge on any atom is -0.330 e. The van der Waals surface area contributed by atoms with Crippen LogP contribution >= 0.6 is 0 Å². The summed E-state index contributed by atoms with van der Waals surface area (Å²) in [6.45, 7) is 5.46. The van der Waals surface area contributed by atoms with Crippen molar-refractivity contribution in [1.29, 1.82) is 0 Å². The number of nitrogens with two attached hydrogens (primary N) is 1. The number of hydrogen-bond donors (Lipinski definition) is 1. The van der Waals surface area contributed by atoms with E-state index in [9.17, 15) is 0 Å². The van der Waals surface area contributed by atoms with E-state index in [1.807, 2.05) is 0 Å². The molecule has 0 amide bonds. The van der Waals surface area contributed by atoms with E-state index in [1.54, 1.807) is 0 Å². The Balaban J connectivity index is 2.23. The minimum atomic E-state index is 0.819. The molecular weight excluding hydrogens is 110 g/mol. The van der Waals surface area contributed by atoms with Crippen molar-refractivity contribution >= 4 is 0 Å². The molecule has 1 aliphatic carbocycles. The van der Waals surface area contributed by atoms with Gasteiger partial charge in [-0.3, -0.25) is 0 Å². The van der Waals surface area contributed by atoms with Crippen LogP contribution < -0.4 is 5.73 Å². The van der Waals surface area contributed by atoms with Crippen LogP contribution in [-0.2, 0) is 0 Å². The highest BCUT2D eigenvalue weighted by molar-refractivity contribution is 4.87. The smallest absolute Gasteiger partial charge is 0.00462 e. The van der Waals surface area contributed by atoms with Gasteiger partial charge in [0.2, 0.25) is 0 Å². The molecule has 0 bridgehead atoms. The van der Waals surface area contributed by atoms with Crippen molar-refractivity contribution in [3.8, 4) is 0 Å². The average molecular weight is 127 g/mol. The molecule has 0 aromatic heterocycles. The van der Waals surface area contributed by atoms with E-state index < -0.39 is 0 Å². The fourth-order valence-corrected chi connectivity index (χ4v) is 1.65. The summed E-state index contributed by atoms with van der Waals surface area (Å²) in [4.78, 5) is 0. The van der Waals surface area contributed by atoms with Gasteiger partial charge in [-0.05, 0) is 30.7 Å². The van der Waals surface area contributed by atoms with Gasteiger partial charge in [-0.25, -0.2) is 0 Å². The largest absolute Gasteiger partial charge is 0.330 e. The zero-order chi connectivity index (χ0) is 6.85. The highest BCUT2D eigenvalue weighted by atomic mass is 14.6. The van der Waals surface area contributed by atoms with E-state index in [4.69, 9.17) is 5.73 Å². The van der Waals surface area contributed by atoms with Crippen molar-refractivity contribution in [2.24, 2.45) is 23.5 Å². The maximum absolute atomic E-state index is 5.59. The minimum absolute atomic E-state index is 0.819. The third-order valence-electron chi connectivity index (χ3n) is 2.60. The SMILES string of the molecule is CC[C@@H](CN)C1CC1C. The second-order valence-corrected chi connectivity index (χ2v) is 3.28. The monoisotopic (exact) mass is 127 g/mol. The van der Waals surface area contributed by atoms with E-state index in [-0.39, 0.29) is 0 Å². The predicted molar refractivity (Wildman–Crippen MR) is 40.1 cm³/mol. The molecule has 2 N–H and O–H groups in total. The molecule has 0 aromatic rings. The zero-order valence-corrected chi connectivity index (χ0v) is 6.43. The number of rotatable bonds is 3. The lowest BCUT2D eigenvalue weighted by Crippen LogP contribution is -2.15. The van der Waals surface area contributed by atoms with Crippen LogP contribution in [0.15, 0.2) is 0 Å². The third-order valence-corrected chi connectivity index (χ3v) is 2.60. The van der Waals surface area contributed by atoms with Crippen LogP contribution in [0.5, 0.6) is 0 Å². The van der Waals surface area contributed by atoms with Crippen molar-refractivity contribution in [2.45, 2.75) is 26.7 Å². The van der Waals surface area contributed by atoms with Crippen LogP contribution in [0.3, 0.4) is 0 Å². The Kier molecular flexibility index (Phi) is 2.12. The van der Waals surface area contributed by atoms with Gasteiger partial charge in [0.15, 0.2) is 0 Å². The molecule has 1 rings (SSSR count). The molecule has 54 valence electrons. The summed E-state index contributed by atoms with van der Waals surface area (Å²) in [6, 6.07) is 0. The van der Waals surface area contributed by atoms with Gasteiger partial charge in [0, 0.05) is 0 Å². The first-order valence-corrected chi connectivity index (χ1v) is 3.99. The summed E-state index contributed by atoms with van der Waals surface area (Å²) < 4.78 is 0. The lowest BCUT2D eigenvalue weighted by atomic mass is 10.00. The predicted octanol–water partition coefficient (Wildman–Crippen LogP) is 1.63. The van der Waals surface area contributed by atoms with Gasteiger partial charge in [-0.15, -0.1) is 0 Å². The molecule has 0 aliphatic heterocycles. The van der Waals surface area contributed by atoms with E-state index in [2.05, 4.69) is 13.8 Å². The molecule has 1 heteroatoms. The third kappa shape index (κ3) is 1.45. The summed E-state index contributed by atoms with van der Waals surface area (Å²) in [6.07, 6.45) is 2.70. The van der Waals surface area contributed by atoms with Gasteiger partial charge in [0.05, 0.1) is 0 Å². The van der Waals surface area contributed by atoms with E-state index in [0.29, 0.717) is 0 Å². The maximum Gasteiger partial charge on any atom is -0.00462 e. The second kappa shape index (κ2) is 2.70. The lowest BCUT2D eigenvalue weighted by molar-refractivity contribution is 0.438. The van der Waals surface area contributed by atoms with Crippen LogP contribution in [0.25, 0.3) is 0 Å². The molecule has 1 fully saturated rings. The first kappa shape index (κ1) is 7.07. The second-order valence-electron chi connectivity index (χ2n) is 3.28. The molecule has 1 saturated carbocycles. The molecule has 0 heterocycles. The Bertz CT molecular complexity index is 86.6. The Labute approximate surface area is 57.6 Å². The van der Waals surface area contributed by atoms with E-state index in [1.165, 1.54) is 12.8 Å². The van der Waals surface area contributed by atoms with Gasteiger partial charge in [-0.1, -0.05) is 20.3 Å². The highest BCUT2D eigenvalue weighted by Gasteiger charge is 2.37. The van der Waals surface area contributed by atoms with Crippen molar-refractivity contribution < 1.29 is 0 Å². The van der Waals surface area contributed by atoms with Crippen LogP contribution in [-0.4, -0.2) is 6.54 Å². The first-order valence-electron chi connectivity index (χ1n) is 3.99. The molecule has 0 radical (unpaired) electrons. The van der Waals surface area contributed by atoms with Gasteiger partial charge >= 0.3 is 0 Å². The van der Waals surface area contributed by atoms with Crippen LogP contribution in [0, 0.1) is 17.8 Å². The Hall–Kier alpha value is -0.0400. The Morgan fingerprint density at radius 2 is 2.22 bits per heavy atom. The topological polar surface area (TPSA) is 26.0 Å². The highest BCUT2D eigenvalue weighted by Crippen LogP contribution is 2.44. The van der Waals surface area contributed by atoms with Crippen LogP contribution in [0.2, 0.25) is 0 Å². The normalized spacial score (nSPS) is 36.3. The molecule has 0 saturated heterocycles. The van der Waals surface area contributed by atoms with E-state index in [0.717, 1.165) is 24.3 Å². The fraction of sp³-hybridized carbons (Fsp3) is 1.00. The summed E-state index contributed by atoms with van der Waals surface area (Å²) in [7, 11) is 0. The molecule has 9 heavy (non-hydrogen) atoms. The zero-order valence-electron chi connectivity index (χ0n) is 6.43. The molecule has 1 aliphatic rings. The van der Waals surface area contributed by atoms with Crippen molar-refractivity contribution in [1.82, 2.24) is 0 Å². The van der Waals surface area contributed by atoms with Gasteiger partial charge in [0.1, 0.15) is 0 Å². The molecule has 2 unspecified atom stereocenters. The van der Waals surface area contributed by atoms with Gasteiger partial charge < -0.3 is 5.73 Å². The van der Waals surface area contributed by atoms with Crippen molar-refractivity contribution in [3.63, 3.8) is 0 Å². The van der Waals surface area contributed by atoms with Crippen molar-refractivity contribution in [2.75, 3.05) is 6.54 Å². The van der Waals surface area contributed by atoms with Crippen LogP contribution in [0.4, 0.5) is 0 Å². The van der Waals surface area contributed by atoms with Crippen molar-refractivity contribution in [3.05, 3.63) is 0 Å². The Morgan fingerprint density at radius 1 is 1.67 bits per heavy atom. The number of hydrogen-bond acceptors (Lipinski definition) is 1. The van der Waals surface area contributed by atoms with Gasteiger partial charge in [-0.2, -0.15) is 0 Å². The maximum atomic E-state index is 5.59. The van der Waals surface area contributed by atoms with E-state index >= 15 is 0 Å². The summed E-state index contributed by atoms with van der Waals surface area (Å²) in [5.74, 6) is 2.76. The molecule has 0 spiro atoms. The molecule has 1 nitrogen and oxygen atoms in total. The first-order chi connectivity index (χ1) is 4.29. The quantitative estimate of drug-likeness (QED) is 0.612. The van der Waals surface area contributed by atoms with Crippen LogP contribution in [0.1, 0.15) is 26.7 Å². The van der Waals surface area contributed by atoms with Gasteiger partial charge in [0.25, 0.3) is 0 Å². The Morgan fingerprint density at radius 3 is 2.33 bits per heavy atom. The molecule has 0 aromatic carbocycles. The average Bonchev–Trinajstić information content (AvgIpc) is 2.51. The summed E-state index contributed by atoms with van der Waals surface area (Å²) >= 11 is 0. The molecule has 3 atom stereocenters. The standard InChI is InChI=1S/C8H17N/c1-3-7(5-9)8-4-6(8)2/h6-8H,3-5,9H2,1-2H3/t6?,7-,8?/m0/s1. The molecular formula is C8H17N. The lowest BCUT2D eigenvalue weighted by Gasteiger charge is -2.09.